The number of rotatable bonds is 42. The molecule has 0 aliphatic carbocycles. The summed E-state index contributed by atoms with van der Waals surface area (Å²) in [6.45, 7) is 7.11. The molecule has 0 aromatic rings. The quantitative estimate of drug-likeness (QED) is 0.0659. The number of hydrogen-bond acceptors (Lipinski definition) is 1. The van der Waals surface area contributed by atoms with Crippen molar-refractivity contribution < 1.29 is 0 Å². The van der Waals surface area contributed by atoms with E-state index >= 15 is 0 Å². The smallest absolute Gasteiger partial charge is 0.00489 e. The SMILES string of the molecule is CCCCCCCCCCCCCCCCCCCCCCCCNCCCCCCCCCCCCCCCCCCCC. The molecule has 1 N–H and O–H groups in total. The van der Waals surface area contributed by atoms with E-state index in [4.69, 9.17) is 0 Å². The minimum atomic E-state index is 1.25. The molecule has 0 aromatic heterocycles. The van der Waals surface area contributed by atoms with Gasteiger partial charge in [-0.05, 0) is 25.9 Å². The van der Waals surface area contributed by atoms with Crippen molar-refractivity contribution >= 4 is 0 Å². The standard InChI is InChI=1S/C44H91N/c1-3-5-7-9-11-13-15-17-19-21-23-24-25-26-28-30-32-34-36-38-40-42-44-45-43-41-39-37-35-33-31-29-27-22-20-18-16-14-12-10-8-6-4-2/h45H,3-44H2,1-2H3. The lowest BCUT2D eigenvalue weighted by Gasteiger charge is -2.06. The van der Waals surface area contributed by atoms with Crippen LogP contribution in [0.3, 0.4) is 0 Å². The van der Waals surface area contributed by atoms with Gasteiger partial charge in [-0.15, -0.1) is 0 Å². The van der Waals surface area contributed by atoms with Crippen molar-refractivity contribution in [2.24, 2.45) is 0 Å². The highest BCUT2D eigenvalue weighted by Gasteiger charge is 1.98. The molecular weight excluding hydrogens is 542 g/mol. The maximum Gasteiger partial charge on any atom is -0.00489 e. The Bertz CT molecular complexity index is 432. The van der Waals surface area contributed by atoms with Crippen LogP contribution < -0.4 is 5.32 Å². The number of hydrogen-bond donors (Lipinski definition) is 1. The molecule has 0 spiro atoms. The van der Waals surface area contributed by atoms with Gasteiger partial charge < -0.3 is 5.32 Å². The first-order valence-electron chi connectivity index (χ1n) is 22.1. The van der Waals surface area contributed by atoms with Crippen molar-refractivity contribution in [2.75, 3.05) is 13.1 Å². The third-order valence-electron chi connectivity index (χ3n) is 10.4. The molecule has 0 unspecified atom stereocenters. The Morgan fingerprint density at radius 3 is 0.467 bits per heavy atom. The maximum absolute atomic E-state index is 3.70. The van der Waals surface area contributed by atoms with Crippen LogP contribution >= 0.6 is 0 Å². The summed E-state index contributed by atoms with van der Waals surface area (Å²) in [5.74, 6) is 0. The lowest BCUT2D eigenvalue weighted by atomic mass is 10.0. The highest BCUT2D eigenvalue weighted by molar-refractivity contribution is 4.54. The van der Waals surface area contributed by atoms with E-state index in [9.17, 15) is 0 Å². The average Bonchev–Trinajstić information content (AvgIpc) is 3.05. The van der Waals surface area contributed by atoms with Gasteiger partial charge in [0.15, 0.2) is 0 Å². The van der Waals surface area contributed by atoms with E-state index in [1.165, 1.54) is 270 Å². The predicted molar refractivity (Wildman–Crippen MR) is 209 cm³/mol. The molecule has 0 heterocycles. The van der Waals surface area contributed by atoms with Crippen molar-refractivity contribution in [2.45, 2.75) is 271 Å². The second-order valence-corrected chi connectivity index (χ2v) is 15.2. The summed E-state index contributed by atoms with van der Waals surface area (Å²) in [6.07, 6.45) is 58.7. The topological polar surface area (TPSA) is 12.0 Å². The number of nitrogens with one attached hydrogen (secondary N) is 1. The molecule has 1 heteroatoms. The summed E-state index contributed by atoms with van der Waals surface area (Å²) >= 11 is 0. The van der Waals surface area contributed by atoms with Crippen molar-refractivity contribution in [1.29, 1.82) is 0 Å². The van der Waals surface area contributed by atoms with Gasteiger partial charge in [-0.1, -0.05) is 258 Å². The Kier molecular flexibility index (Phi) is 43.9. The summed E-state index contributed by atoms with van der Waals surface area (Å²) in [5, 5.41) is 3.70. The van der Waals surface area contributed by atoms with Crippen LogP contribution in [0.4, 0.5) is 0 Å². The lowest BCUT2D eigenvalue weighted by molar-refractivity contribution is 0.512. The van der Waals surface area contributed by atoms with E-state index in [1.54, 1.807) is 0 Å². The van der Waals surface area contributed by atoms with Gasteiger partial charge >= 0.3 is 0 Å². The highest BCUT2D eigenvalue weighted by Crippen LogP contribution is 2.16. The first-order valence-corrected chi connectivity index (χ1v) is 22.1. The minimum absolute atomic E-state index is 1.25. The molecule has 0 rings (SSSR count). The summed E-state index contributed by atoms with van der Waals surface area (Å²) < 4.78 is 0. The van der Waals surface area contributed by atoms with Crippen LogP contribution in [0.1, 0.15) is 271 Å². The molecule has 0 aromatic carbocycles. The Labute approximate surface area is 288 Å². The Balaban J connectivity index is 3.03. The Hall–Kier alpha value is -0.0400. The van der Waals surface area contributed by atoms with E-state index in [1.807, 2.05) is 0 Å². The average molecular weight is 634 g/mol. The summed E-state index contributed by atoms with van der Waals surface area (Å²) in [4.78, 5) is 0. The fourth-order valence-corrected chi connectivity index (χ4v) is 7.14. The largest absolute Gasteiger partial charge is 0.317 e. The van der Waals surface area contributed by atoms with E-state index in [2.05, 4.69) is 19.2 Å². The molecule has 0 saturated carbocycles. The van der Waals surface area contributed by atoms with Crippen LogP contribution in [0, 0.1) is 0 Å². The zero-order valence-electron chi connectivity index (χ0n) is 32.2. The fraction of sp³-hybridized carbons (Fsp3) is 1.00. The first-order chi connectivity index (χ1) is 22.4. The molecule has 0 saturated heterocycles. The van der Waals surface area contributed by atoms with Crippen LogP contribution in [-0.4, -0.2) is 13.1 Å². The lowest BCUT2D eigenvalue weighted by Crippen LogP contribution is -2.16. The maximum atomic E-state index is 3.70. The molecule has 45 heavy (non-hydrogen) atoms. The molecule has 0 radical (unpaired) electrons. The number of unbranched alkanes of at least 4 members (excludes halogenated alkanes) is 38. The summed E-state index contributed by atoms with van der Waals surface area (Å²) in [7, 11) is 0. The zero-order valence-corrected chi connectivity index (χ0v) is 32.2. The third kappa shape index (κ3) is 44.0. The molecular formula is C44H91N. The molecule has 0 fully saturated rings. The van der Waals surface area contributed by atoms with Crippen molar-refractivity contribution in [3.8, 4) is 0 Å². The zero-order chi connectivity index (χ0) is 32.4. The first kappa shape index (κ1) is 45.0. The van der Waals surface area contributed by atoms with Gasteiger partial charge in [0.25, 0.3) is 0 Å². The molecule has 0 aliphatic rings. The van der Waals surface area contributed by atoms with E-state index in [0.29, 0.717) is 0 Å². The van der Waals surface area contributed by atoms with Gasteiger partial charge in [-0.3, -0.25) is 0 Å². The van der Waals surface area contributed by atoms with Crippen LogP contribution in [-0.2, 0) is 0 Å². The Morgan fingerprint density at radius 1 is 0.178 bits per heavy atom. The predicted octanol–water partition coefficient (Wildman–Crippen LogP) is 16.2. The van der Waals surface area contributed by atoms with Crippen LogP contribution in [0.2, 0.25) is 0 Å². The van der Waals surface area contributed by atoms with Crippen molar-refractivity contribution in [3.63, 3.8) is 0 Å². The second kappa shape index (κ2) is 44.0. The van der Waals surface area contributed by atoms with Gasteiger partial charge in [0.2, 0.25) is 0 Å². The van der Waals surface area contributed by atoms with Crippen molar-refractivity contribution in [1.82, 2.24) is 5.32 Å². The highest BCUT2D eigenvalue weighted by atomic mass is 14.8. The van der Waals surface area contributed by atoms with Crippen LogP contribution in [0.5, 0.6) is 0 Å². The van der Waals surface area contributed by atoms with Crippen LogP contribution in [0.25, 0.3) is 0 Å². The van der Waals surface area contributed by atoms with Gasteiger partial charge in [0.05, 0.1) is 0 Å². The van der Waals surface area contributed by atoms with Gasteiger partial charge in [0, 0.05) is 0 Å². The van der Waals surface area contributed by atoms with Gasteiger partial charge in [-0.2, -0.15) is 0 Å². The van der Waals surface area contributed by atoms with Gasteiger partial charge in [-0.25, -0.2) is 0 Å². The van der Waals surface area contributed by atoms with Crippen molar-refractivity contribution in [3.05, 3.63) is 0 Å². The Morgan fingerprint density at radius 2 is 0.311 bits per heavy atom. The summed E-state index contributed by atoms with van der Waals surface area (Å²) in [6, 6.07) is 0. The van der Waals surface area contributed by atoms with E-state index < -0.39 is 0 Å². The van der Waals surface area contributed by atoms with Crippen LogP contribution in [0.15, 0.2) is 0 Å². The summed E-state index contributed by atoms with van der Waals surface area (Å²) in [5.41, 5.74) is 0. The normalized spacial score (nSPS) is 11.6. The fourth-order valence-electron chi connectivity index (χ4n) is 7.14. The second-order valence-electron chi connectivity index (χ2n) is 15.2. The van der Waals surface area contributed by atoms with Gasteiger partial charge in [0.1, 0.15) is 0 Å². The molecule has 0 aliphatic heterocycles. The monoisotopic (exact) mass is 634 g/mol. The minimum Gasteiger partial charge on any atom is -0.317 e. The third-order valence-corrected chi connectivity index (χ3v) is 10.4. The molecule has 0 amide bonds. The molecule has 272 valence electrons. The van der Waals surface area contributed by atoms with E-state index in [0.717, 1.165) is 0 Å². The molecule has 0 atom stereocenters. The molecule has 1 nitrogen and oxygen atoms in total. The van der Waals surface area contributed by atoms with E-state index in [-0.39, 0.29) is 0 Å². The molecule has 0 bridgehead atoms.